The van der Waals surface area contributed by atoms with Crippen LogP contribution in [0.2, 0.25) is 0 Å². The van der Waals surface area contributed by atoms with Crippen molar-refractivity contribution in [2.75, 3.05) is 31.1 Å². The van der Waals surface area contributed by atoms with Crippen molar-refractivity contribution in [3.05, 3.63) is 71.3 Å². The number of benzene rings is 2. The van der Waals surface area contributed by atoms with E-state index in [-0.39, 0.29) is 12.0 Å². The van der Waals surface area contributed by atoms with Crippen molar-refractivity contribution in [1.82, 2.24) is 10.1 Å². The Labute approximate surface area is 201 Å². The van der Waals surface area contributed by atoms with Gasteiger partial charge in [0.05, 0.1) is 18.2 Å². The maximum atomic E-state index is 13.8. The van der Waals surface area contributed by atoms with Gasteiger partial charge in [0.25, 0.3) is 5.91 Å². The van der Waals surface area contributed by atoms with Crippen molar-refractivity contribution in [3.8, 4) is 11.3 Å². The first-order valence-electron chi connectivity index (χ1n) is 12.5. The summed E-state index contributed by atoms with van der Waals surface area (Å²) >= 11 is 0. The summed E-state index contributed by atoms with van der Waals surface area (Å²) in [5.74, 6) is 0.826. The molecule has 0 saturated carbocycles. The average molecular weight is 460 g/mol. The molecule has 6 heteroatoms. The molecular formula is C28H33N3O3. The Morgan fingerprint density at radius 1 is 1.03 bits per heavy atom. The monoisotopic (exact) mass is 459 g/mol. The van der Waals surface area contributed by atoms with Crippen molar-refractivity contribution in [3.63, 3.8) is 0 Å². The lowest BCUT2D eigenvalue weighted by molar-refractivity contribution is 0.0507. The van der Waals surface area contributed by atoms with E-state index in [1.54, 1.807) is 0 Å². The topological polar surface area (TPSA) is 58.8 Å². The Kier molecular flexibility index (Phi) is 6.95. The van der Waals surface area contributed by atoms with Crippen LogP contribution < -0.4 is 4.90 Å². The molecule has 1 atom stereocenters. The third kappa shape index (κ3) is 4.87. The molecule has 2 aliphatic heterocycles. The van der Waals surface area contributed by atoms with Gasteiger partial charge in [0.2, 0.25) is 5.88 Å². The van der Waals surface area contributed by atoms with E-state index in [0.717, 1.165) is 79.2 Å². The molecule has 178 valence electrons. The summed E-state index contributed by atoms with van der Waals surface area (Å²) in [4.78, 5) is 18.0. The third-order valence-electron chi connectivity index (χ3n) is 6.92. The summed E-state index contributed by atoms with van der Waals surface area (Å²) in [6.45, 7) is 5.66. The molecule has 34 heavy (non-hydrogen) atoms. The van der Waals surface area contributed by atoms with Gasteiger partial charge in [-0.1, -0.05) is 53.7 Å². The molecule has 3 aromatic rings. The number of nitrogens with zero attached hydrogens (tertiary/aromatic N) is 3. The predicted octanol–water partition coefficient (Wildman–Crippen LogP) is 5.46. The van der Waals surface area contributed by atoms with E-state index in [0.29, 0.717) is 13.1 Å². The number of anilines is 1. The standard InChI is InChI=1S/C28H33N3O3/c1-21-11-6-7-15-24(21)27(32)31(19-23-14-10-18-33-23)20-25-26(22-12-4-2-5-13-22)29-34-28(25)30-16-8-3-9-17-30/h2,4-7,11-13,15,23H,3,8-10,14,16-20H2,1H3/t23-/m1/s1. The minimum atomic E-state index is 0.0263. The molecule has 2 fully saturated rings. The van der Waals surface area contributed by atoms with Crippen molar-refractivity contribution in [2.24, 2.45) is 0 Å². The number of piperidine rings is 1. The molecule has 1 aromatic heterocycles. The second kappa shape index (κ2) is 10.4. The fourth-order valence-corrected chi connectivity index (χ4v) is 5.04. The highest BCUT2D eigenvalue weighted by Gasteiger charge is 2.30. The molecular weight excluding hydrogens is 426 g/mol. The number of aromatic nitrogens is 1. The Morgan fingerprint density at radius 3 is 2.53 bits per heavy atom. The third-order valence-corrected chi connectivity index (χ3v) is 6.92. The molecule has 0 unspecified atom stereocenters. The normalized spacial score (nSPS) is 18.3. The Balaban J connectivity index is 1.53. The van der Waals surface area contributed by atoms with Crippen LogP contribution in [0.4, 0.5) is 5.88 Å². The number of hydrogen-bond acceptors (Lipinski definition) is 5. The highest BCUT2D eigenvalue weighted by Crippen LogP contribution is 2.34. The zero-order valence-corrected chi connectivity index (χ0v) is 19.9. The predicted molar refractivity (Wildman–Crippen MR) is 133 cm³/mol. The quantitative estimate of drug-likeness (QED) is 0.469. The average Bonchev–Trinajstić information content (AvgIpc) is 3.55. The zero-order valence-electron chi connectivity index (χ0n) is 19.9. The number of rotatable bonds is 7. The maximum absolute atomic E-state index is 13.8. The van der Waals surface area contributed by atoms with Crippen LogP contribution in [0.5, 0.6) is 0 Å². The van der Waals surface area contributed by atoms with E-state index in [1.165, 1.54) is 6.42 Å². The van der Waals surface area contributed by atoms with Gasteiger partial charge in [-0.3, -0.25) is 4.79 Å². The van der Waals surface area contributed by atoms with Crippen LogP contribution in [0.25, 0.3) is 11.3 Å². The summed E-state index contributed by atoms with van der Waals surface area (Å²) in [6.07, 6.45) is 5.60. The van der Waals surface area contributed by atoms with Crippen LogP contribution in [0.1, 0.15) is 53.6 Å². The summed E-state index contributed by atoms with van der Waals surface area (Å²) < 4.78 is 11.9. The number of aryl methyl sites for hydroxylation is 1. The van der Waals surface area contributed by atoms with Gasteiger partial charge in [-0.15, -0.1) is 0 Å². The lowest BCUT2D eigenvalue weighted by Gasteiger charge is -2.29. The second-order valence-corrected chi connectivity index (χ2v) is 9.36. The van der Waals surface area contributed by atoms with Gasteiger partial charge >= 0.3 is 0 Å². The van der Waals surface area contributed by atoms with Crippen LogP contribution in [0.15, 0.2) is 59.1 Å². The number of ether oxygens (including phenoxy) is 1. The van der Waals surface area contributed by atoms with E-state index >= 15 is 0 Å². The zero-order chi connectivity index (χ0) is 23.3. The molecule has 2 aromatic carbocycles. The van der Waals surface area contributed by atoms with E-state index in [9.17, 15) is 4.79 Å². The molecule has 3 heterocycles. The number of hydrogen-bond donors (Lipinski definition) is 0. The Bertz CT molecular complexity index is 1100. The highest BCUT2D eigenvalue weighted by molar-refractivity contribution is 5.95. The highest BCUT2D eigenvalue weighted by atomic mass is 16.5. The minimum absolute atomic E-state index is 0.0263. The summed E-state index contributed by atoms with van der Waals surface area (Å²) in [5.41, 5.74) is 4.52. The largest absolute Gasteiger partial charge is 0.376 e. The molecule has 0 aliphatic carbocycles. The SMILES string of the molecule is Cc1ccccc1C(=O)N(Cc1c(-c2ccccc2)noc1N1CCCCC1)C[C@H]1CCCO1. The molecule has 0 N–H and O–H groups in total. The Hall–Kier alpha value is -3.12. The molecule has 1 amide bonds. The van der Waals surface area contributed by atoms with Gasteiger partial charge in [0, 0.05) is 37.4 Å². The molecule has 0 radical (unpaired) electrons. The van der Waals surface area contributed by atoms with Crippen LogP contribution in [0, 0.1) is 6.92 Å². The number of carbonyl (C=O) groups excluding carboxylic acids is 1. The fourth-order valence-electron chi connectivity index (χ4n) is 5.04. The van der Waals surface area contributed by atoms with Gasteiger partial charge in [-0.05, 0) is 50.7 Å². The minimum Gasteiger partial charge on any atom is -0.376 e. The molecule has 5 rings (SSSR count). The van der Waals surface area contributed by atoms with E-state index in [4.69, 9.17) is 9.26 Å². The lowest BCUT2D eigenvalue weighted by Crippen LogP contribution is -2.38. The molecule has 0 spiro atoms. The molecule has 0 bridgehead atoms. The fraction of sp³-hybridized carbons (Fsp3) is 0.429. The van der Waals surface area contributed by atoms with Gasteiger partial charge < -0.3 is 19.1 Å². The van der Waals surface area contributed by atoms with Crippen LogP contribution in [0.3, 0.4) is 0 Å². The van der Waals surface area contributed by atoms with Crippen molar-refractivity contribution in [2.45, 2.75) is 51.7 Å². The van der Waals surface area contributed by atoms with Crippen molar-refractivity contribution < 1.29 is 14.1 Å². The maximum Gasteiger partial charge on any atom is 0.254 e. The van der Waals surface area contributed by atoms with E-state index < -0.39 is 0 Å². The van der Waals surface area contributed by atoms with E-state index in [1.807, 2.05) is 54.3 Å². The van der Waals surface area contributed by atoms with Crippen LogP contribution in [-0.2, 0) is 11.3 Å². The smallest absolute Gasteiger partial charge is 0.254 e. The number of amides is 1. The van der Waals surface area contributed by atoms with Gasteiger partial charge in [-0.2, -0.15) is 0 Å². The molecule has 2 aliphatic rings. The number of carbonyl (C=O) groups is 1. The van der Waals surface area contributed by atoms with Crippen LogP contribution >= 0.6 is 0 Å². The summed E-state index contributed by atoms with van der Waals surface area (Å²) in [5, 5.41) is 4.51. The molecule has 6 nitrogen and oxygen atoms in total. The van der Waals surface area contributed by atoms with Crippen molar-refractivity contribution >= 4 is 11.8 Å². The lowest BCUT2D eigenvalue weighted by atomic mass is 10.0. The first-order valence-corrected chi connectivity index (χ1v) is 12.5. The van der Waals surface area contributed by atoms with Crippen LogP contribution in [-0.4, -0.2) is 48.3 Å². The summed E-state index contributed by atoms with van der Waals surface area (Å²) in [7, 11) is 0. The summed E-state index contributed by atoms with van der Waals surface area (Å²) in [6, 6.07) is 17.9. The first-order chi connectivity index (χ1) is 16.7. The first kappa shape index (κ1) is 22.7. The van der Waals surface area contributed by atoms with Gasteiger partial charge in [0.15, 0.2) is 0 Å². The molecule has 2 saturated heterocycles. The Morgan fingerprint density at radius 2 is 1.79 bits per heavy atom. The van der Waals surface area contributed by atoms with Gasteiger partial charge in [-0.25, -0.2) is 0 Å². The van der Waals surface area contributed by atoms with Crippen molar-refractivity contribution in [1.29, 1.82) is 0 Å². The van der Waals surface area contributed by atoms with E-state index in [2.05, 4.69) is 22.2 Å². The van der Waals surface area contributed by atoms with Gasteiger partial charge in [0.1, 0.15) is 5.69 Å². The second-order valence-electron chi connectivity index (χ2n) is 9.36.